The Labute approximate surface area is 413 Å². The molecule has 0 spiro atoms. The van der Waals surface area contributed by atoms with Crippen LogP contribution in [0.2, 0.25) is 0 Å². The van der Waals surface area contributed by atoms with Gasteiger partial charge in [0.25, 0.3) is 0 Å². The molecule has 414 valence electrons. The standard InChI is InChI=1S/C49H92O21/c1-3-5-7-9-11-13-15-17-19-21-49(22-20-18-16-14-12-10-8-6-4-2,28-63-46-42(61)39(58)44(33(26-52)67-46)69-35-23-30(54)36(55)31(24-50)65-35)29-64-47-43(62)40(59)45(34(27-53)68-47)70-48-41(60)38(57)37(56)32(25-51)66-48/h30-48,50-62H,3-29H2,1-2H3/t30?,31?,32?,33?,34?,35-,36+,37-,38?,39?,40?,41+,42+,43+,44-,45-,46-,47?,48?/m0/s1. The number of ether oxygens (including phenoxy) is 8. The van der Waals surface area contributed by atoms with Gasteiger partial charge in [0.1, 0.15) is 85.5 Å². The molecule has 0 amide bonds. The van der Waals surface area contributed by atoms with Crippen molar-refractivity contribution in [2.24, 2.45) is 5.41 Å². The predicted molar refractivity (Wildman–Crippen MR) is 249 cm³/mol. The lowest BCUT2D eigenvalue weighted by atomic mass is 9.79. The molecule has 0 aromatic carbocycles. The summed E-state index contributed by atoms with van der Waals surface area (Å²) in [7, 11) is 0. The molecule has 13 N–H and O–H groups in total. The molecule has 4 fully saturated rings. The second-order valence-corrected chi connectivity index (χ2v) is 20.2. The average molecular weight is 1020 g/mol. The molecule has 4 rings (SSSR count). The summed E-state index contributed by atoms with van der Waals surface area (Å²) in [4.78, 5) is 0. The molecule has 4 aliphatic rings. The van der Waals surface area contributed by atoms with Crippen LogP contribution >= 0.6 is 0 Å². The van der Waals surface area contributed by atoms with E-state index >= 15 is 0 Å². The zero-order valence-electron chi connectivity index (χ0n) is 41.6. The summed E-state index contributed by atoms with van der Waals surface area (Å²) in [6, 6.07) is 0. The summed E-state index contributed by atoms with van der Waals surface area (Å²) in [5.41, 5.74) is -0.836. The predicted octanol–water partition coefficient (Wildman–Crippen LogP) is 0.125. The maximum absolute atomic E-state index is 11.5. The van der Waals surface area contributed by atoms with Gasteiger partial charge >= 0.3 is 0 Å². The van der Waals surface area contributed by atoms with E-state index in [-0.39, 0.29) is 19.6 Å². The molecule has 4 saturated heterocycles. The van der Waals surface area contributed by atoms with E-state index in [0.29, 0.717) is 12.8 Å². The number of hydrogen-bond donors (Lipinski definition) is 13. The summed E-state index contributed by atoms with van der Waals surface area (Å²) in [5, 5.41) is 138. The minimum Gasteiger partial charge on any atom is -0.394 e. The zero-order valence-corrected chi connectivity index (χ0v) is 41.6. The fraction of sp³-hybridized carbons (Fsp3) is 1.00. The van der Waals surface area contributed by atoms with Crippen molar-refractivity contribution in [1.29, 1.82) is 0 Å². The first kappa shape index (κ1) is 61.7. The lowest BCUT2D eigenvalue weighted by Crippen LogP contribution is -2.64. The summed E-state index contributed by atoms with van der Waals surface area (Å²) in [6.07, 6.45) is -8.71. The first-order valence-electron chi connectivity index (χ1n) is 26.4. The van der Waals surface area contributed by atoms with Crippen molar-refractivity contribution in [1.82, 2.24) is 0 Å². The Morgan fingerprint density at radius 2 is 0.757 bits per heavy atom. The fourth-order valence-electron chi connectivity index (χ4n) is 9.98. The molecule has 0 radical (unpaired) electrons. The van der Waals surface area contributed by atoms with Crippen molar-refractivity contribution in [3.05, 3.63) is 0 Å². The second-order valence-electron chi connectivity index (χ2n) is 20.2. The normalized spacial score (nSPS) is 37.5. The molecule has 70 heavy (non-hydrogen) atoms. The molecule has 19 atom stereocenters. The third-order valence-corrected chi connectivity index (χ3v) is 14.5. The van der Waals surface area contributed by atoms with Gasteiger partial charge in [-0.25, -0.2) is 0 Å². The molecule has 0 aromatic heterocycles. The molecule has 4 aliphatic heterocycles. The van der Waals surface area contributed by atoms with Gasteiger partial charge in [-0.15, -0.1) is 0 Å². The highest BCUT2D eigenvalue weighted by Crippen LogP contribution is 2.38. The van der Waals surface area contributed by atoms with Crippen molar-refractivity contribution in [2.75, 3.05) is 39.6 Å². The van der Waals surface area contributed by atoms with Gasteiger partial charge in [0.15, 0.2) is 25.2 Å². The van der Waals surface area contributed by atoms with Crippen LogP contribution in [0.1, 0.15) is 149 Å². The molecular formula is C49H92O21. The van der Waals surface area contributed by atoms with Gasteiger partial charge in [-0.2, -0.15) is 0 Å². The Balaban J connectivity index is 1.53. The highest BCUT2D eigenvalue weighted by atomic mass is 16.8. The Morgan fingerprint density at radius 3 is 1.19 bits per heavy atom. The van der Waals surface area contributed by atoms with Crippen LogP contribution < -0.4 is 0 Å². The number of hydrogen-bond acceptors (Lipinski definition) is 21. The summed E-state index contributed by atoms with van der Waals surface area (Å²) < 4.78 is 47.5. The van der Waals surface area contributed by atoms with Crippen molar-refractivity contribution in [3.8, 4) is 0 Å². The van der Waals surface area contributed by atoms with E-state index < -0.39 is 149 Å². The molecule has 0 aliphatic carbocycles. The molecule has 0 saturated carbocycles. The fourth-order valence-corrected chi connectivity index (χ4v) is 9.98. The summed E-state index contributed by atoms with van der Waals surface area (Å²) in [5.74, 6) is 0. The molecule has 21 heteroatoms. The SMILES string of the molecule is CCCCCCCCCCCC(CCCCCCCCCCC)(COC1OC(CO)[C@H](OC2OC(CO)[C@H](O)C(O)[C@H]2O)C(O)[C@H]1O)CO[C@H]1OC(CO)[C@H](O[C@H]2CC(O)[C@@H](O)C(CO)O2)C(O)[C@H]1O. The largest absolute Gasteiger partial charge is 0.394 e. The lowest BCUT2D eigenvalue weighted by Gasteiger charge is -2.47. The minimum absolute atomic E-state index is 0.0925. The Hall–Kier alpha value is -0.840. The summed E-state index contributed by atoms with van der Waals surface area (Å²) >= 11 is 0. The maximum Gasteiger partial charge on any atom is 0.187 e. The monoisotopic (exact) mass is 1020 g/mol. The van der Waals surface area contributed by atoms with Crippen LogP contribution in [0.5, 0.6) is 0 Å². The van der Waals surface area contributed by atoms with Crippen LogP contribution in [-0.4, -0.2) is 223 Å². The number of aliphatic hydroxyl groups is 13. The maximum atomic E-state index is 11.5. The molecule has 10 unspecified atom stereocenters. The van der Waals surface area contributed by atoms with Crippen molar-refractivity contribution >= 4 is 0 Å². The van der Waals surface area contributed by atoms with Crippen LogP contribution in [0.15, 0.2) is 0 Å². The van der Waals surface area contributed by atoms with E-state index in [9.17, 15) is 66.4 Å². The smallest absolute Gasteiger partial charge is 0.187 e. The van der Waals surface area contributed by atoms with Gasteiger partial charge in [-0.05, 0) is 12.8 Å². The van der Waals surface area contributed by atoms with Crippen molar-refractivity contribution in [3.63, 3.8) is 0 Å². The molecule has 21 nitrogen and oxygen atoms in total. The van der Waals surface area contributed by atoms with Gasteiger partial charge in [0.05, 0.1) is 45.7 Å². The molecule has 0 bridgehead atoms. The molecule has 0 aromatic rings. The average Bonchev–Trinajstić information content (AvgIpc) is 3.36. The minimum atomic E-state index is -1.83. The third-order valence-electron chi connectivity index (χ3n) is 14.5. The molecule has 4 heterocycles. The summed E-state index contributed by atoms with van der Waals surface area (Å²) in [6.45, 7) is 1.39. The highest BCUT2D eigenvalue weighted by Gasteiger charge is 2.52. The third kappa shape index (κ3) is 18.2. The molecular weight excluding hydrogens is 925 g/mol. The van der Waals surface area contributed by atoms with Gasteiger partial charge in [-0.3, -0.25) is 0 Å². The Bertz CT molecular complexity index is 1330. The number of rotatable bonds is 34. The van der Waals surface area contributed by atoms with Gasteiger partial charge in [0, 0.05) is 11.8 Å². The number of aliphatic hydroxyl groups excluding tert-OH is 13. The van der Waals surface area contributed by atoms with Gasteiger partial charge in [0.2, 0.25) is 0 Å². The Kier molecular flexibility index (Phi) is 28.7. The topological polar surface area (TPSA) is 337 Å². The van der Waals surface area contributed by atoms with Gasteiger partial charge < -0.3 is 104 Å². The van der Waals surface area contributed by atoms with Crippen LogP contribution in [0.4, 0.5) is 0 Å². The first-order chi connectivity index (χ1) is 33.7. The Morgan fingerprint density at radius 1 is 0.386 bits per heavy atom. The highest BCUT2D eigenvalue weighted by molar-refractivity contribution is 4.96. The van der Waals surface area contributed by atoms with Crippen LogP contribution in [0.3, 0.4) is 0 Å². The van der Waals surface area contributed by atoms with E-state index in [1.54, 1.807) is 0 Å². The van der Waals surface area contributed by atoms with Crippen molar-refractivity contribution in [2.45, 2.75) is 265 Å². The van der Waals surface area contributed by atoms with E-state index in [1.807, 2.05) is 0 Å². The second kappa shape index (κ2) is 32.6. The van der Waals surface area contributed by atoms with E-state index in [1.165, 1.54) is 51.4 Å². The van der Waals surface area contributed by atoms with Crippen LogP contribution in [0, 0.1) is 5.41 Å². The van der Waals surface area contributed by atoms with Crippen LogP contribution in [0.25, 0.3) is 0 Å². The van der Waals surface area contributed by atoms with Crippen LogP contribution in [-0.2, 0) is 37.9 Å². The first-order valence-corrected chi connectivity index (χ1v) is 26.4. The van der Waals surface area contributed by atoms with E-state index in [4.69, 9.17) is 37.9 Å². The van der Waals surface area contributed by atoms with Crippen molar-refractivity contribution < 1.29 is 104 Å². The van der Waals surface area contributed by atoms with Gasteiger partial charge in [-0.1, -0.05) is 129 Å². The van der Waals surface area contributed by atoms with E-state index in [2.05, 4.69) is 13.8 Å². The number of unbranched alkanes of at least 4 members (excludes halogenated alkanes) is 16. The zero-order chi connectivity index (χ0) is 51.2. The van der Waals surface area contributed by atoms with E-state index in [0.717, 1.165) is 64.2 Å². The quantitative estimate of drug-likeness (QED) is 0.0381. The lowest BCUT2D eigenvalue weighted by molar-refractivity contribution is -0.362.